The summed E-state index contributed by atoms with van der Waals surface area (Å²) < 4.78 is 0. The van der Waals surface area contributed by atoms with E-state index in [1.807, 2.05) is 0 Å². The minimum atomic E-state index is 0.0874. The van der Waals surface area contributed by atoms with E-state index in [1.165, 1.54) is 12.8 Å². The molecular formula is C12H21N5. The van der Waals surface area contributed by atoms with E-state index in [9.17, 15) is 0 Å². The molecule has 5 nitrogen and oxygen atoms in total. The van der Waals surface area contributed by atoms with Crippen LogP contribution >= 0.6 is 0 Å². The number of nitrogens with two attached hydrogens (primary N) is 1. The second kappa shape index (κ2) is 4.49. The zero-order valence-corrected chi connectivity index (χ0v) is 10.7. The molecule has 1 aromatic heterocycles. The maximum absolute atomic E-state index is 5.46. The lowest BCUT2D eigenvalue weighted by molar-refractivity contribution is 0.492. The number of hydrogen-bond donors (Lipinski definition) is 3. The molecule has 0 aliphatic heterocycles. The highest BCUT2D eigenvalue weighted by Crippen LogP contribution is 2.41. The van der Waals surface area contributed by atoms with E-state index in [2.05, 4.69) is 41.5 Å². The monoisotopic (exact) mass is 235 g/mol. The van der Waals surface area contributed by atoms with Crippen LogP contribution in [0.4, 0.5) is 11.6 Å². The maximum atomic E-state index is 5.46. The highest BCUT2D eigenvalue weighted by atomic mass is 15.3. The van der Waals surface area contributed by atoms with E-state index >= 15 is 0 Å². The van der Waals surface area contributed by atoms with Gasteiger partial charge in [-0.3, -0.25) is 0 Å². The summed E-state index contributed by atoms with van der Waals surface area (Å²) in [5.41, 5.74) is 3.76. The van der Waals surface area contributed by atoms with Gasteiger partial charge in [-0.15, -0.1) is 0 Å². The third-order valence-corrected chi connectivity index (χ3v) is 3.47. The summed E-state index contributed by atoms with van der Waals surface area (Å²) in [7, 11) is 0. The first-order valence-electron chi connectivity index (χ1n) is 6.17. The lowest BCUT2D eigenvalue weighted by Gasteiger charge is -2.28. The van der Waals surface area contributed by atoms with Crippen LogP contribution in [0.2, 0.25) is 0 Å². The van der Waals surface area contributed by atoms with Gasteiger partial charge < -0.3 is 10.7 Å². The summed E-state index contributed by atoms with van der Waals surface area (Å²) >= 11 is 0. The fraction of sp³-hybridized carbons (Fsp3) is 0.667. The largest absolute Gasteiger partial charge is 0.365 e. The number of nitrogen functional groups attached to an aromatic ring is 1. The van der Waals surface area contributed by atoms with Crippen LogP contribution in [0.1, 0.15) is 39.2 Å². The van der Waals surface area contributed by atoms with Crippen LogP contribution in [0.15, 0.2) is 6.33 Å². The number of anilines is 2. The Kier molecular flexibility index (Phi) is 3.19. The fourth-order valence-electron chi connectivity index (χ4n) is 2.19. The molecule has 1 aliphatic rings. The molecular weight excluding hydrogens is 214 g/mol. The number of hydrogen-bond acceptors (Lipinski definition) is 5. The fourth-order valence-corrected chi connectivity index (χ4v) is 2.19. The topological polar surface area (TPSA) is 75.9 Å². The van der Waals surface area contributed by atoms with Gasteiger partial charge in [0.25, 0.3) is 0 Å². The van der Waals surface area contributed by atoms with E-state index in [0.29, 0.717) is 5.82 Å². The first kappa shape index (κ1) is 12.1. The summed E-state index contributed by atoms with van der Waals surface area (Å²) in [6, 6.07) is 0. The summed E-state index contributed by atoms with van der Waals surface area (Å²) in [6.45, 7) is 6.53. The smallest absolute Gasteiger partial charge is 0.148 e. The molecule has 1 fully saturated rings. The molecule has 0 aromatic carbocycles. The molecule has 0 unspecified atom stereocenters. The van der Waals surface area contributed by atoms with Crippen molar-refractivity contribution < 1.29 is 0 Å². The van der Waals surface area contributed by atoms with Crippen molar-refractivity contribution in [3.63, 3.8) is 0 Å². The summed E-state index contributed by atoms with van der Waals surface area (Å²) in [5, 5.41) is 3.53. The highest BCUT2D eigenvalue weighted by Gasteiger charge is 2.38. The number of aromatic nitrogens is 2. The Balaban J connectivity index is 2.25. The van der Waals surface area contributed by atoms with Crippen LogP contribution < -0.4 is 16.6 Å². The number of hydrazine groups is 1. The van der Waals surface area contributed by atoms with Crippen molar-refractivity contribution in [3.05, 3.63) is 11.9 Å². The Morgan fingerprint density at radius 3 is 2.53 bits per heavy atom. The molecule has 94 valence electrons. The molecule has 0 bridgehead atoms. The van der Waals surface area contributed by atoms with Gasteiger partial charge in [-0.1, -0.05) is 6.92 Å². The first-order valence-corrected chi connectivity index (χ1v) is 6.17. The molecule has 1 aromatic rings. The van der Waals surface area contributed by atoms with Crippen LogP contribution in [0, 0.1) is 5.92 Å². The van der Waals surface area contributed by atoms with Crippen molar-refractivity contribution in [2.24, 2.45) is 11.8 Å². The molecule has 5 heteroatoms. The lowest BCUT2D eigenvalue weighted by Crippen LogP contribution is -2.34. The SMILES string of the molecule is CCc1c(NN)ncnc1NC(C)(C)C1CC1. The molecule has 1 aliphatic carbocycles. The molecule has 0 amide bonds. The predicted octanol–water partition coefficient (Wildman–Crippen LogP) is 1.93. The van der Waals surface area contributed by atoms with Gasteiger partial charge in [-0.05, 0) is 39.0 Å². The Morgan fingerprint density at radius 2 is 2.00 bits per heavy atom. The standard InChI is InChI=1S/C12H21N5/c1-4-9-10(14-7-15-11(9)17-13)16-12(2,3)8-5-6-8/h7-8H,4-6,13H2,1-3H3,(H2,14,15,16,17). The van der Waals surface area contributed by atoms with Gasteiger partial charge in [0, 0.05) is 11.1 Å². The van der Waals surface area contributed by atoms with Crippen LogP contribution in [-0.4, -0.2) is 15.5 Å². The van der Waals surface area contributed by atoms with Gasteiger partial charge in [0.05, 0.1) is 0 Å². The molecule has 1 heterocycles. The van der Waals surface area contributed by atoms with Crippen molar-refractivity contribution in [1.82, 2.24) is 9.97 Å². The Morgan fingerprint density at radius 1 is 1.35 bits per heavy atom. The lowest BCUT2D eigenvalue weighted by atomic mass is 9.98. The maximum Gasteiger partial charge on any atom is 0.148 e. The van der Waals surface area contributed by atoms with Crippen LogP contribution in [0.3, 0.4) is 0 Å². The van der Waals surface area contributed by atoms with Gasteiger partial charge in [-0.2, -0.15) is 0 Å². The van der Waals surface area contributed by atoms with E-state index in [1.54, 1.807) is 6.33 Å². The van der Waals surface area contributed by atoms with E-state index in [0.717, 1.165) is 23.7 Å². The summed E-state index contributed by atoms with van der Waals surface area (Å²) in [4.78, 5) is 8.47. The second-order valence-electron chi connectivity index (χ2n) is 5.17. The average molecular weight is 235 g/mol. The Labute approximate surface area is 102 Å². The second-order valence-corrected chi connectivity index (χ2v) is 5.17. The Hall–Kier alpha value is -1.36. The third-order valence-electron chi connectivity index (χ3n) is 3.47. The predicted molar refractivity (Wildman–Crippen MR) is 69.6 cm³/mol. The van der Waals surface area contributed by atoms with Crippen LogP contribution in [-0.2, 0) is 6.42 Å². The number of rotatable bonds is 5. The number of nitrogens with zero attached hydrogens (tertiary/aromatic N) is 2. The van der Waals surface area contributed by atoms with E-state index < -0.39 is 0 Å². The van der Waals surface area contributed by atoms with Crippen LogP contribution in [0.5, 0.6) is 0 Å². The molecule has 17 heavy (non-hydrogen) atoms. The molecule has 0 atom stereocenters. The Bertz CT molecular complexity index is 398. The van der Waals surface area contributed by atoms with Crippen molar-refractivity contribution in [3.8, 4) is 0 Å². The first-order chi connectivity index (χ1) is 8.08. The third kappa shape index (κ3) is 2.49. The summed E-state index contributed by atoms with van der Waals surface area (Å²) in [6.07, 6.45) is 4.99. The van der Waals surface area contributed by atoms with E-state index in [4.69, 9.17) is 5.84 Å². The van der Waals surface area contributed by atoms with Crippen LogP contribution in [0.25, 0.3) is 0 Å². The van der Waals surface area contributed by atoms with Crippen molar-refractivity contribution in [2.75, 3.05) is 10.7 Å². The van der Waals surface area contributed by atoms with Gasteiger partial charge in [0.1, 0.15) is 18.0 Å². The zero-order valence-electron chi connectivity index (χ0n) is 10.7. The highest BCUT2D eigenvalue weighted by molar-refractivity contribution is 5.57. The average Bonchev–Trinajstić information content (AvgIpc) is 3.12. The molecule has 2 rings (SSSR count). The molecule has 0 spiro atoms. The van der Waals surface area contributed by atoms with Crippen molar-refractivity contribution in [1.29, 1.82) is 0 Å². The number of nitrogens with one attached hydrogen (secondary N) is 2. The quantitative estimate of drug-likeness (QED) is 0.537. The van der Waals surface area contributed by atoms with Gasteiger partial charge >= 0.3 is 0 Å². The molecule has 0 saturated heterocycles. The minimum absolute atomic E-state index is 0.0874. The molecule has 1 saturated carbocycles. The molecule has 4 N–H and O–H groups in total. The van der Waals surface area contributed by atoms with Gasteiger partial charge in [-0.25, -0.2) is 15.8 Å². The van der Waals surface area contributed by atoms with Gasteiger partial charge in [0.2, 0.25) is 0 Å². The summed E-state index contributed by atoms with van der Waals surface area (Å²) in [5.74, 6) is 7.81. The van der Waals surface area contributed by atoms with Crippen molar-refractivity contribution >= 4 is 11.6 Å². The zero-order chi connectivity index (χ0) is 12.5. The minimum Gasteiger partial charge on any atom is -0.365 e. The van der Waals surface area contributed by atoms with Crippen molar-refractivity contribution in [2.45, 2.75) is 45.6 Å². The van der Waals surface area contributed by atoms with E-state index in [-0.39, 0.29) is 5.54 Å². The molecule has 0 radical (unpaired) electrons. The van der Waals surface area contributed by atoms with Gasteiger partial charge in [0.15, 0.2) is 0 Å². The normalized spacial score (nSPS) is 15.8.